The zero-order chi connectivity index (χ0) is 11.9. The molecule has 0 radical (unpaired) electrons. The first kappa shape index (κ1) is 12.1. The second-order valence-electron chi connectivity index (χ2n) is 4.36. The highest BCUT2D eigenvalue weighted by atomic mass is 16.5. The van der Waals surface area contributed by atoms with Crippen LogP contribution in [0.5, 0.6) is 0 Å². The van der Waals surface area contributed by atoms with Gasteiger partial charge in [0.15, 0.2) is 0 Å². The zero-order valence-corrected chi connectivity index (χ0v) is 10.0. The summed E-state index contributed by atoms with van der Waals surface area (Å²) in [7, 11) is 0. The maximum atomic E-state index is 8.94. The van der Waals surface area contributed by atoms with Gasteiger partial charge in [-0.3, -0.25) is 4.90 Å². The predicted octanol–water partition coefficient (Wildman–Crippen LogP) is 2.19. The summed E-state index contributed by atoms with van der Waals surface area (Å²) in [5.41, 5.74) is 1.20. The molecule has 2 rings (SSSR count). The molecule has 0 amide bonds. The van der Waals surface area contributed by atoms with Crippen molar-refractivity contribution >= 4 is 0 Å². The van der Waals surface area contributed by atoms with Crippen LogP contribution in [0.2, 0.25) is 0 Å². The Labute approximate surface area is 103 Å². The van der Waals surface area contributed by atoms with E-state index in [0.717, 1.165) is 25.9 Å². The van der Waals surface area contributed by atoms with E-state index in [1.807, 2.05) is 18.2 Å². The van der Waals surface area contributed by atoms with Crippen LogP contribution in [0.1, 0.15) is 18.4 Å². The Bertz CT molecular complexity index is 372. The third kappa shape index (κ3) is 3.55. The Kier molecular flexibility index (Phi) is 4.54. The topological polar surface area (TPSA) is 36.3 Å². The minimum atomic E-state index is 0.107. The number of likely N-dealkylation sites (tertiary alicyclic amines) is 1. The molecule has 1 aromatic carbocycles. The van der Waals surface area contributed by atoms with Crippen molar-refractivity contribution in [1.82, 2.24) is 4.90 Å². The Hall–Kier alpha value is -1.37. The fourth-order valence-electron chi connectivity index (χ4n) is 2.19. The lowest BCUT2D eigenvalue weighted by Gasteiger charge is -2.18. The van der Waals surface area contributed by atoms with Crippen LogP contribution < -0.4 is 0 Å². The monoisotopic (exact) mass is 230 g/mol. The van der Waals surface area contributed by atoms with Gasteiger partial charge < -0.3 is 4.74 Å². The van der Waals surface area contributed by atoms with Crippen LogP contribution in [0.4, 0.5) is 0 Å². The number of benzene rings is 1. The van der Waals surface area contributed by atoms with Crippen LogP contribution in [0.25, 0.3) is 0 Å². The van der Waals surface area contributed by atoms with Gasteiger partial charge in [0.1, 0.15) is 0 Å². The molecular weight excluding hydrogens is 212 g/mol. The minimum Gasteiger partial charge on any atom is -0.375 e. The SMILES string of the molecule is N#CC1CCCN1CCOCc1ccccc1. The van der Waals surface area contributed by atoms with Crippen LogP contribution in [0, 0.1) is 11.3 Å². The van der Waals surface area contributed by atoms with Crippen LogP contribution in [-0.2, 0) is 11.3 Å². The second kappa shape index (κ2) is 6.39. The third-order valence-corrected chi connectivity index (χ3v) is 3.15. The van der Waals surface area contributed by atoms with E-state index in [2.05, 4.69) is 23.1 Å². The molecule has 0 N–H and O–H groups in total. The molecule has 0 spiro atoms. The maximum Gasteiger partial charge on any atom is 0.0979 e. The van der Waals surface area contributed by atoms with E-state index in [9.17, 15) is 0 Å². The number of rotatable bonds is 5. The van der Waals surface area contributed by atoms with E-state index in [1.165, 1.54) is 5.56 Å². The fourth-order valence-corrected chi connectivity index (χ4v) is 2.19. The average Bonchev–Trinajstić information content (AvgIpc) is 2.83. The van der Waals surface area contributed by atoms with Crippen molar-refractivity contribution in [3.63, 3.8) is 0 Å². The molecule has 90 valence electrons. The molecular formula is C14H18N2O. The predicted molar refractivity (Wildman–Crippen MR) is 66.3 cm³/mol. The molecule has 0 aliphatic carbocycles. The molecule has 17 heavy (non-hydrogen) atoms. The molecule has 1 heterocycles. The van der Waals surface area contributed by atoms with Gasteiger partial charge in [-0.1, -0.05) is 30.3 Å². The fraction of sp³-hybridized carbons (Fsp3) is 0.500. The lowest BCUT2D eigenvalue weighted by atomic mass is 10.2. The largest absolute Gasteiger partial charge is 0.375 e. The number of nitriles is 1. The van der Waals surface area contributed by atoms with Crippen molar-refractivity contribution < 1.29 is 4.74 Å². The summed E-state index contributed by atoms with van der Waals surface area (Å²) in [4.78, 5) is 2.21. The third-order valence-electron chi connectivity index (χ3n) is 3.15. The van der Waals surface area contributed by atoms with Crippen molar-refractivity contribution in [2.45, 2.75) is 25.5 Å². The zero-order valence-electron chi connectivity index (χ0n) is 10.0. The summed E-state index contributed by atoms with van der Waals surface area (Å²) in [5, 5.41) is 8.94. The summed E-state index contributed by atoms with van der Waals surface area (Å²) in [5.74, 6) is 0. The average molecular weight is 230 g/mol. The molecule has 1 saturated heterocycles. The van der Waals surface area contributed by atoms with E-state index < -0.39 is 0 Å². The van der Waals surface area contributed by atoms with E-state index in [0.29, 0.717) is 13.2 Å². The van der Waals surface area contributed by atoms with Gasteiger partial charge in [0, 0.05) is 6.54 Å². The van der Waals surface area contributed by atoms with Gasteiger partial charge in [0.2, 0.25) is 0 Å². The van der Waals surface area contributed by atoms with Crippen LogP contribution in [0.15, 0.2) is 30.3 Å². The molecule has 0 saturated carbocycles. The van der Waals surface area contributed by atoms with Crippen molar-refractivity contribution in [1.29, 1.82) is 5.26 Å². The molecule has 1 fully saturated rings. The molecule has 0 aromatic heterocycles. The first-order valence-corrected chi connectivity index (χ1v) is 6.15. The molecule has 3 nitrogen and oxygen atoms in total. The van der Waals surface area contributed by atoms with Gasteiger partial charge in [0.05, 0.1) is 25.3 Å². The van der Waals surface area contributed by atoms with Crippen LogP contribution in [0.3, 0.4) is 0 Å². The van der Waals surface area contributed by atoms with E-state index in [-0.39, 0.29) is 6.04 Å². The van der Waals surface area contributed by atoms with Gasteiger partial charge in [-0.15, -0.1) is 0 Å². The number of hydrogen-bond acceptors (Lipinski definition) is 3. The van der Waals surface area contributed by atoms with Gasteiger partial charge in [-0.05, 0) is 24.9 Å². The molecule has 1 unspecified atom stereocenters. The Morgan fingerprint density at radius 1 is 1.35 bits per heavy atom. The highest BCUT2D eigenvalue weighted by Crippen LogP contribution is 2.15. The standard InChI is InChI=1S/C14H18N2O/c15-11-14-7-4-8-16(14)9-10-17-12-13-5-2-1-3-6-13/h1-3,5-6,14H,4,7-10,12H2. The molecule has 0 bridgehead atoms. The highest BCUT2D eigenvalue weighted by molar-refractivity contribution is 5.13. The summed E-state index contributed by atoms with van der Waals surface area (Å²) >= 11 is 0. The number of nitrogens with zero attached hydrogens (tertiary/aromatic N) is 2. The van der Waals surface area contributed by atoms with Gasteiger partial charge >= 0.3 is 0 Å². The van der Waals surface area contributed by atoms with Crippen LogP contribution in [-0.4, -0.2) is 30.6 Å². The van der Waals surface area contributed by atoms with Crippen molar-refractivity contribution in [2.24, 2.45) is 0 Å². The van der Waals surface area contributed by atoms with E-state index in [4.69, 9.17) is 10.00 Å². The summed E-state index contributed by atoms with van der Waals surface area (Å²) in [6.45, 7) is 3.26. The maximum absolute atomic E-state index is 8.94. The smallest absolute Gasteiger partial charge is 0.0979 e. The highest BCUT2D eigenvalue weighted by Gasteiger charge is 2.23. The van der Waals surface area contributed by atoms with Crippen LogP contribution >= 0.6 is 0 Å². The van der Waals surface area contributed by atoms with Crippen molar-refractivity contribution in [3.05, 3.63) is 35.9 Å². The quantitative estimate of drug-likeness (QED) is 0.727. The number of ether oxygens (including phenoxy) is 1. The lowest BCUT2D eigenvalue weighted by molar-refractivity contribution is 0.0942. The Morgan fingerprint density at radius 3 is 2.94 bits per heavy atom. The van der Waals surface area contributed by atoms with Gasteiger partial charge in [-0.2, -0.15) is 5.26 Å². The van der Waals surface area contributed by atoms with Crippen molar-refractivity contribution in [3.8, 4) is 6.07 Å². The first-order chi connectivity index (χ1) is 8.40. The number of hydrogen-bond donors (Lipinski definition) is 0. The molecule has 3 heteroatoms. The molecule has 1 aromatic rings. The summed E-state index contributed by atoms with van der Waals surface area (Å²) < 4.78 is 5.62. The first-order valence-electron chi connectivity index (χ1n) is 6.15. The summed E-state index contributed by atoms with van der Waals surface area (Å²) in [6.07, 6.45) is 2.14. The van der Waals surface area contributed by atoms with Gasteiger partial charge in [0.25, 0.3) is 0 Å². The van der Waals surface area contributed by atoms with Crippen molar-refractivity contribution in [2.75, 3.05) is 19.7 Å². The molecule has 1 aliphatic heterocycles. The van der Waals surface area contributed by atoms with Gasteiger partial charge in [-0.25, -0.2) is 0 Å². The second-order valence-corrected chi connectivity index (χ2v) is 4.36. The lowest BCUT2D eigenvalue weighted by Crippen LogP contribution is -2.31. The minimum absolute atomic E-state index is 0.107. The molecule has 1 aliphatic rings. The summed E-state index contributed by atoms with van der Waals surface area (Å²) in [6, 6.07) is 12.6. The normalized spacial score (nSPS) is 20.3. The Balaban J connectivity index is 1.65. The van der Waals surface area contributed by atoms with E-state index >= 15 is 0 Å². The Morgan fingerprint density at radius 2 is 2.18 bits per heavy atom. The molecule has 1 atom stereocenters. The van der Waals surface area contributed by atoms with E-state index in [1.54, 1.807) is 0 Å².